The summed E-state index contributed by atoms with van der Waals surface area (Å²) in [5.74, 6) is 0.768. The fraction of sp³-hybridized carbons (Fsp3) is 0.357. The minimum absolute atomic E-state index is 0.130. The molecule has 0 fully saturated rings. The molecule has 2 heterocycles. The van der Waals surface area contributed by atoms with Crippen LogP contribution < -0.4 is 4.90 Å². The van der Waals surface area contributed by atoms with E-state index in [1.165, 1.54) is 11.1 Å². The lowest BCUT2D eigenvalue weighted by molar-refractivity contribution is 0.0975. The van der Waals surface area contributed by atoms with Crippen molar-refractivity contribution in [2.24, 2.45) is 0 Å². The Morgan fingerprint density at radius 2 is 2.21 bits per heavy atom. The third kappa shape index (κ3) is 2.12. The van der Waals surface area contributed by atoms with Gasteiger partial charge in [0.05, 0.1) is 0 Å². The first-order valence-electron chi connectivity index (χ1n) is 6.45. The highest BCUT2D eigenvalue weighted by molar-refractivity contribution is 6.04. The van der Waals surface area contributed by atoms with Gasteiger partial charge < -0.3 is 4.90 Å². The second-order valence-electron chi connectivity index (χ2n) is 4.94. The fourth-order valence-corrected chi connectivity index (χ4v) is 2.50. The zero-order chi connectivity index (χ0) is 13.4. The van der Waals surface area contributed by atoms with Crippen molar-refractivity contribution in [3.05, 3.63) is 41.0 Å². The Labute approximate surface area is 111 Å². The topological polar surface area (TPSA) is 61.9 Å². The van der Waals surface area contributed by atoms with Crippen LogP contribution in [0.4, 0.5) is 5.69 Å². The number of anilines is 1. The molecule has 0 bridgehead atoms. The number of aromatic nitrogens is 3. The molecule has 19 heavy (non-hydrogen) atoms. The maximum absolute atomic E-state index is 12.4. The summed E-state index contributed by atoms with van der Waals surface area (Å²) in [7, 11) is 0. The van der Waals surface area contributed by atoms with E-state index in [9.17, 15) is 4.79 Å². The summed E-state index contributed by atoms with van der Waals surface area (Å²) >= 11 is 0. The largest absolute Gasteiger partial charge is 0.305 e. The van der Waals surface area contributed by atoms with Gasteiger partial charge in [-0.25, -0.2) is 4.98 Å². The SMILES string of the molecule is Cc1ccc2c(c1)CCCN2C(=O)c1n[nH]c(C)n1. The molecule has 0 spiro atoms. The average Bonchev–Trinajstić information content (AvgIpc) is 2.83. The highest BCUT2D eigenvalue weighted by atomic mass is 16.2. The molecule has 1 aromatic heterocycles. The number of hydrogen-bond donors (Lipinski definition) is 1. The van der Waals surface area contributed by atoms with E-state index in [1.807, 2.05) is 12.1 Å². The molecule has 0 aliphatic carbocycles. The molecule has 0 saturated carbocycles. The van der Waals surface area contributed by atoms with E-state index in [0.29, 0.717) is 5.82 Å². The molecule has 5 heteroatoms. The molecule has 98 valence electrons. The van der Waals surface area contributed by atoms with Crippen molar-refractivity contribution < 1.29 is 4.79 Å². The second-order valence-corrected chi connectivity index (χ2v) is 4.94. The van der Waals surface area contributed by atoms with E-state index >= 15 is 0 Å². The standard InChI is InChI=1S/C14H16N4O/c1-9-5-6-12-11(8-9)4-3-7-18(12)14(19)13-15-10(2)16-17-13/h5-6,8H,3-4,7H2,1-2H3,(H,15,16,17). The average molecular weight is 256 g/mol. The number of benzene rings is 1. The van der Waals surface area contributed by atoms with E-state index in [1.54, 1.807) is 11.8 Å². The van der Waals surface area contributed by atoms with Crippen LogP contribution in [0.1, 0.15) is 34.0 Å². The third-order valence-corrected chi connectivity index (χ3v) is 3.39. The fourth-order valence-electron chi connectivity index (χ4n) is 2.50. The molecule has 1 amide bonds. The van der Waals surface area contributed by atoms with Crippen molar-refractivity contribution in [2.75, 3.05) is 11.4 Å². The van der Waals surface area contributed by atoms with Crippen molar-refractivity contribution in [3.8, 4) is 0 Å². The van der Waals surface area contributed by atoms with Gasteiger partial charge in [0.25, 0.3) is 5.91 Å². The normalized spacial score (nSPS) is 14.3. The summed E-state index contributed by atoms with van der Waals surface area (Å²) in [6.45, 7) is 4.58. The molecule has 3 rings (SSSR count). The quantitative estimate of drug-likeness (QED) is 0.849. The minimum atomic E-state index is -0.130. The first kappa shape index (κ1) is 11.9. The number of nitrogens with one attached hydrogen (secondary N) is 1. The maximum atomic E-state index is 12.4. The van der Waals surface area contributed by atoms with E-state index < -0.39 is 0 Å². The third-order valence-electron chi connectivity index (χ3n) is 3.39. The molecule has 1 aromatic carbocycles. The van der Waals surface area contributed by atoms with Gasteiger partial charge in [-0.3, -0.25) is 9.89 Å². The zero-order valence-electron chi connectivity index (χ0n) is 11.1. The van der Waals surface area contributed by atoms with Crippen LogP contribution in [0.5, 0.6) is 0 Å². The molecular formula is C14H16N4O. The van der Waals surface area contributed by atoms with Crippen molar-refractivity contribution >= 4 is 11.6 Å². The first-order chi connectivity index (χ1) is 9.15. The van der Waals surface area contributed by atoms with Crippen LogP contribution in [0.25, 0.3) is 0 Å². The molecule has 5 nitrogen and oxygen atoms in total. The first-order valence-corrected chi connectivity index (χ1v) is 6.45. The number of carbonyl (C=O) groups excluding carboxylic acids is 1. The maximum Gasteiger partial charge on any atom is 0.297 e. The van der Waals surface area contributed by atoms with E-state index in [2.05, 4.69) is 28.2 Å². The minimum Gasteiger partial charge on any atom is -0.305 e. The van der Waals surface area contributed by atoms with Gasteiger partial charge in [-0.15, -0.1) is 5.10 Å². The van der Waals surface area contributed by atoms with Crippen LogP contribution in [0.3, 0.4) is 0 Å². The smallest absolute Gasteiger partial charge is 0.297 e. The lowest BCUT2D eigenvalue weighted by Gasteiger charge is -2.28. The van der Waals surface area contributed by atoms with Gasteiger partial charge in [0, 0.05) is 12.2 Å². The second kappa shape index (κ2) is 4.50. The Balaban J connectivity index is 1.97. The summed E-state index contributed by atoms with van der Waals surface area (Å²) in [6.07, 6.45) is 2.00. The van der Waals surface area contributed by atoms with Gasteiger partial charge in [0.1, 0.15) is 5.82 Å². The van der Waals surface area contributed by atoms with E-state index in [4.69, 9.17) is 0 Å². The monoisotopic (exact) mass is 256 g/mol. The summed E-state index contributed by atoms with van der Waals surface area (Å²) < 4.78 is 0. The summed E-state index contributed by atoms with van der Waals surface area (Å²) in [6, 6.07) is 6.20. The van der Waals surface area contributed by atoms with Crippen LogP contribution in [0.15, 0.2) is 18.2 Å². The van der Waals surface area contributed by atoms with Gasteiger partial charge in [-0.2, -0.15) is 0 Å². The van der Waals surface area contributed by atoms with Gasteiger partial charge in [-0.1, -0.05) is 17.7 Å². The molecule has 2 aromatic rings. The van der Waals surface area contributed by atoms with E-state index in [0.717, 1.165) is 25.1 Å². The van der Waals surface area contributed by atoms with Crippen molar-refractivity contribution in [1.82, 2.24) is 15.2 Å². The predicted molar refractivity (Wildman–Crippen MR) is 72.3 cm³/mol. The Morgan fingerprint density at radius 3 is 2.95 bits per heavy atom. The lowest BCUT2D eigenvalue weighted by atomic mass is 9.99. The van der Waals surface area contributed by atoms with Gasteiger partial charge in [-0.05, 0) is 38.3 Å². The molecular weight excluding hydrogens is 240 g/mol. The Hall–Kier alpha value is -2.17. The zero-order valence-corrected chi connectivity index (χ0v) is 11.1. The molecule has 0 atom stereocenters. The van der Waals surface area contributed by atoms with Crippen LogP contribution in [-0.4, -0.2) is 27.6 Å². The van der Waals surface area contributed by atoms with Crippen LogP contribution in [-0.2, 0) is 6.42 Å². The number of H-pyrrole nitrogens is 1. The molecule has 1 aliphatic rings. The number of aromatic amines is 1. The van der Waals surface area contributed by atoms with Crippen molar-refractivity contribution in [1.29, 1.82) is 0 Å². The number of fused-ring (bicyclic) bond motifs is 1. The number of aryl methyl sites for hydroxylation is 3. The highest BCUT2D eigenvalue weighted by Gasteiger charge is 2.25. The summed E-state index contributed by atoms with van der Waals surface area (Å²) in [4.78, 5) is 18.3. The summed E-state index contributed by atoms with van der Waals surface area (Å²) in [5.41, 5.74) is 3.44. The number of amides is 1. The summed E-state index contributed by atoms with van der Waals surface area (Å²) in [5, 5.41) is 6.67. The van der Waals surface area contributed by atoms with Crippen LogP contribution in [0, 0.1) is 13.8 Å². The van der Waals surface area contributed by atoms with Crippen LogP contribution >= 0.6 is 0 Å². The van der Waals surface area contributed by atoms with Crippen molar-refractivity contribution in [3.63, 3.8) is 0 Å². The number of hydrogen-bond acceptors (Lipinski definition) is 3. The lowest BCUT2D eigenvalue weighted by Crippen LogP contribution is -2.36. The number of carbonyl (C=O) groups is 1. The molecule has 0 unspecified atom stereocenters. The number of rotatable bonds is 1. The molecule has 0 radical (unpaired) electrons. The van der Waals surface area contributed by atoms with Crippen LogP contribution in [0.2, 0.25) is 0 Å². The van der Waals surface area contributed by atoms with Gasteiger partial charge >= 0.3 is 0 Å². The Bertz CT molecular complexity index is 632. The molecule has 1 aliphatic heterocycles. The van der Waals surface area contributed by atoms with E-state index in [-0.39, 0.29) is 11.7 Å². The highest BCUT2D eigenvalue weighted by Crippen LogP contribution is 2.28. The van der Waals surface area contributed by atoms with Crippen molar-refractivity contribution in [2.45, 2.75) is 26.7 Å². The van der Waals surface area contributed by atoms with Gasteiger partial charge in [0.2, 0.25) is 5.82 Å². The van der Waals surface area contributed by atoms with Gasteiger partial charge in [0.15, 0.2) is 0 Å². The number of nitrogens with zero attached hydrogens (tertiary/aromatic N) is 3. The Kier molecular flexibility index (Phi) is 2.81. The molecule has 0 saturated heterocycles. The predicted octanol–water partition coefficient (Wildman–Crippen LogP) is 2.01. The Morgan fingerprint density at radius 1 is 1.37 bits per heavy atom. The molecule has 1 N–H and O–H groups in total.